The van der Waals surface area contributed by atoms with Gasteiger partial charge in [-0.3, -0.25) is 25.0 Å². The van der Waals surface area contributed by atoms with Crippen LogP contribution in [0.15, 0.2) is 59.7 Å². The molecule has 1 N–H and O–H groups in total. The first-order valence-corrected chi connectivity index (χ1v) is 10.6. The molecule has 0 saturated carbocycles. The zero-order chi connectivity index (χ0) is 26.9. The molecule has 3 aromatic carbocycles. The lowest BCUT2D eigenvalue weighted by Crippen LogP contribution is -2.19. The minimum atomic E-state index is -0.777. The second kappa shape index (κ2) is 12.0. The van der Waals surface area contributed by atoms with Crippen LogP contribution in [-0.4, -0.2) is 43.3 Å². The van der Waals surface area contributed by atoms with Gasteiger partial charge in [-0.2, -0.15) is 5.10 Å². The number of non-ortho nitro benzene ring substituents is 1. The average Bonchev–Trinajstić information content (AvgIpc) is 2.89. The fraction of sp³-hybridized carbons (Fsp3) is 0.167. The third-order valence-corrected chi connectivity index (χ3v) is 4.97. The van der Waals surface area contributed by atoms with Crippen LogP contribution in [0, 0.1) is 20.2 Å². The number of hydrazone groups is 1. The number of hydrogen-bond donors (Lipinski definition) is 1. The lowest BCUT2D eigenvalue weighted by Gasteiger charge is -2.11. The molecule has 0 heterocycles. The van der Waals surface area contributed by atoms with Gasteiger partial charge in [0.15, 0.2) is 23.0 Å². The first-order chi connectivity index (χ1) is 17.7. The zero-order valence-electron chi connectivity index (χ0n) is 20.0. The van der Waals surface area contributed by atoms with E-state index in [2.05, 4.69) is 10.5 Å². The Labute approximate surface area is 210 Å². The fourth-order valence-corrected chi connectivity index (χ4v) is 3.21. The van der Waals surface area contributed by atoms with Crippen LogP contribution in [0.25, 0.3) is 0 Å². The van der Waals surface area contributed by atoms with Crippen molar-refractivity contribution >= 4 is 23.5 Å². The molecule has 0 aliphatic heterocycles. The summed E-state index contributed by atoms with van der Waals surface area (Å²) < 4.78 is 21.3. The van der Waals surface area contributed by atoms with Crippen LogP contribution < -0.4 is 24.4 Å². The maximum atomic E-state index is 12.3. The van der Waals surface area contributed by atoms with E-state index in [-0.39, 0.29) is 29.6 Å². The van der Waals surface area contributed by atoms with Gasteiger partial charge in [0.1, 0.15) is 0 Å². The number of benzene rings is 3. The Kier molecular flexibility index (Phi) is 8.54. The van der Waals surface area contributed by atoms with Crippen LogP contribution in [-0.2, 0) is 11.2 Å². The van der Waals surface area contributed by atoms with Crippen molar-refractivity contribution in [3.63, 3.8) is 0 Å². The van der Waals surface area contributed by atoms with E-state index in [4.69, 9.17) is 18.9 Å². The summed E-state index contributed by atoms with van der Waals surface area (Å²) in [7, 11) is 4.40. The first kappa shape index (κ1) is 26.4. The van der Waals surface area contributed by atoms with E-state index in [1.54, 1.807) is 24.3 Å². The van der Waals surface area contributed by atoms with E-state index in [0.29, 0.717) is 22.6 Å². The van der Waals surface area contributed by atoms with E-state index < -0.39 is 21.2 Å². The SMILES string of the molecule is COc1ccc(CC(=O)N/N=C/c2ccc(Oc3ccc([N+](=O)[O-])cc3[N+](=O)[O-])c(OC)c2)cc1OC. The summed E-state index contributed by atoms with van der Waals surface area (Å²) in [6.07, 6.45) is 1.44. The van der Waals surface area contributed by atoms with Gasteiger partial charge in [0.2, 0.25) is 11.7 Å². The van der Waals surface area contributed by atoms with Crippen molar-refractivity contribution < 1.29 is 33.6 Å². The first-order valence-electron chi connectivity index (χ1n) is 10.6. The molecule has 0 aromatic heterocycles. The number of ether oxygens (including phenoxy) is 4. The highest BCUT2D eigenvalue weighted by Crippen LogP contribution is 2.38. The molecule has 13 heteroatoms. The molecule has 0 unspecified atom stereocenters. The van der Waals surface area contributed by atoms with Crippen LogP contribution in [0.2, 0.25) is 0 Å². The summed E-state index contributed by atoms with van der Waals surface area (Å²) in [5.41, 5.74) is 2.66. The second-order valence-electron chi connectivity index (χ2n) is 7.34. The summed E-state index contributed by atoms with van der Waals surface area (Å²) in [5, 5.41) is 26.2. The van der Waals surface area contributed by atoms with Gasteiger partial charge >= 0.3 is 5.69 Å². The third-order valence-electron chi connectivity index (χ3n) is 4.97. The highest BCUT2D eigenvalue weighted by atomic mass is 16.6. The van der Waals surface area contributed by atoms with Crippen molar-refractivity contribution in [1.82, 2.24) is 5.43 Å². The molecule has 0 saturated heterocycles. The molecular weight excluding hydrogens is 488 g/mol. The standard InChI is InChI=1S/C24H22N4O9/c1-34-20-7-4-15(10-22(20)35-2)12-24(29)26-25-14-16-5-8-21(23(11-16)36-3)37-19-9-6-17(27(30)31)13-18(19)28(32)33/h4-11,13-14H,12H2,1-3H3,(H,26,29)/b25-14+. The number of amides is 1. The number of nitro benzene ring substituents is 2. The van der Waals surface area contributed by atoms with Gasteiger partial charge < -0.3 is 18.9 Å². The minimum absolute atomic E-state index is 0.0574. The highest BCUT2D eigenvalue weighted by Gasteiger charge is 2.22. The van der Waals surface area contributed by atoms with Crippen LogP contribution in [0.5, 0.6) is 28.7 Å². The lowest BCUT2D eigenvalue weighted by atomic mass is 10.1. The molecule has 192 valence electrons. The molecule has 0 aliphatic rings. The van der Waals surface area contributed by atoms with E-state index in [0.717, 1.165) is 18.2 Å². The summed E-state index contributed by atoms with van der Waals surface area (Å²) in [5.74, 6) is 0.847. The van der Waals surface area contributed by atoms with Crippen molar-refractivity contribution in [2.75, 3.05) is 21.3 Å². The van der Waals surface area contributed by atoms with Crippen molar-refractivity contribution in [2.45, 2.75) is 6.42 Å². The Balaban J connectivity index is 1.69. The van der Waals surface area contributed by atoms with Crippen LogP contribution >= 0.6 is 0 Å². The van der Waals surface area contributed by atoms with Crippen molar-refractivity contribution in [3.8, 4) is 28.7 Å². The summed E-state index contributed by atoms with van der Waals surface area (Å²) >= 11 is 0. The molecular formula is C24H22N4O9. The number of nitrogens with zero attached hydrogens (tertiary/aromatic N) is 3. The molecule has 37 heavy (non-hydrogen) atoms. The van der Waals surface area contributed by atoms with Crippen molar-refractivity contribution in [2.24, 2.45) is 5.10 Å². The lowest BCUT2D eigenvalue weighted by molar-refractivity contribution is -0.394. The van der Waals surface area contributed by atoms with Crippen molar-refractivity contribution in [3.05, 3.63) is 86.0 Å². The average molecular weight is 510 g/mol. The van der Waals surface area contributed by atoms with Gasteiger partial charge in [0.05, 0.1) is 49.9 Å². The molecule has 0 radical (unpaired) electrons. The molecule has 1 amide bonds. The summed E-state index contributed by atoms with van der Waals surface area (Å²) in [6.45, 7) is 0. The molecule has 0 bridgehead atoms. The molecule has 0 spiro atoms. The van der Waals surface area contributed by atoms with E-state index in [1.165, 1.54) is 39.7 Å². The smallest absolute Gasteiger partial charge is 0.318 e. The van der Waals surface area contributed by atoms with E-state index >= 15 is 0 Å². The monoisotopic (exact) mass is 510 g/mol. The van der Waals surface area contributed by atoms with Gasteiger partial charge in [0, 0.05) is 6.07 Å². The van der Waals surface area contributed by atoms with Gasteiger partial charge in [-0.15, -0.1) is 0 Å². The quantitative estimate of drug-likeness (QED) is 0.228. The predicted octanol–water partition coefficient (Wildman–Crippen LogP) is 4.01. The van der Waals surface area contributed by atoms with E-state index in [9.17, 15) is 25.0 Å². The van der Waals surface area contributed by atoms with Crippen LogP contribution in [0.3, 0.4) is 0 Å². The van der Waals surface area contributed by atoms with Crippen molar-refractivity contribution in [1.29, 1.82) is 0 Å². The Hall–Kier alpha value is -5.20. The maximum absolute atomic E-state index is 12.3. The highest BCUT2D eigenvalue weighted by molar-refractivity contribution is 5.84. The normalized spacial score (nSPS) is 10.6. The zero-order valence-corrected chi connectivity index (χ0v) is 20.0. The van der Waals surface area contributed by atoms with E-state index in [1.807, 2.05) is 0 Å². The van der Waals surface area contributed by atoms with Gasteiger partial charge in [0.25, 0.3) is 5.69 Å². The number of nitro groups is 2. The number of hydrogen-bond acceptors (Lipinski definition) is 10. The Morgan fingerprint density at radius 1 is 0.838 bits per heavy atom. The van der Waals surface area contributed by atoms with Gasteiger partial charge in [-0.25, -0.2) is 5.43 Å². The molecule has 0 atom stereocenters. The topological polar surface area (TPSA) is 165 Å². The molecule has 0 aliphatic carbocycles. The Bertz CT molecular complexity index is 1360. The summed E-state index contributed by atoms with van der Waals surface area (Å²) in [4.78, 5) is 33.0. The number of rotatable bonds is 11. The van der Waals surface area contributed by atoms with Gasteiger partial charge in [-0.1, -0.05) is 6.07 Å². The molecule has 13 nitrogen and oxygen atoms in total. The Morgan fingerprint density at radius 3 is 2.14 bits per heavy atom. The Morgan fingerprint density at radius 2 is 1.49 bits per heavy atom. The van der Waals surface area contributed by atoms with Crippen LogP contribution in [0.1, 0.15) is 11.1 Å². The molecule has 3 aromatic rings. The second-order valence-corrected chi connectivity index (χ2v) is 7.34. The maximum Gasteiger partial charge on any atom is 0.318 e. The number of nitrogens with one attached hydrogen (secondary N) is 1. The minimum Gasteiger partial charge on any atom is -0.493 e. The van der Waals surface area contributed by atoms with Gasteiger partial charge in [-0.05, 0) is 47.5 Å². The molecule has 0 fully saturated rings. The number of carbonyl (C=O) groups is 1. The third kappa shape index (κ3) is 6.69. The number of methoxy groups -OCH3 is 3. The molecule has 3 rings (SSSR count). The fourth-order valence-electron chi connectivity index (χ4n) is 3.21. The van der Waals surface area contributed by atoms with Crippen LogP contribution in [0.4, 0.5) is 11.4 Å². The number of carbonyl (C=O) groups excluding carboxylic acids is 1. The summed E-state index contributed by atoms with van der Waals surface area (Å²) in [6, 6.07) is 12.8. The largest absolute Gasteiger partial charge is 0.493 e. The predicted molar refractivity (Wildman–Crippen MR) is 132 cm³/mol.